The highest BCUT2D eigenvalue weighted by Gasteiger charge is 2.18. The molecule has 0 aliphatic carbocycles. The smallest absolute Gasteiger partial charge is 0.319 e. The SMILES string of the molecule is CCOc1ccc(NC(=O)NC2CCOC2)cc1OCC. The van der Waals surface area contributed by atoms with Crippen molar-refractivity contribution in [2.75, 3.05) is 31.7 Å². The van der Waals surface area contributed by atoms with E-state index >= 15 is 0 Å². The second-order valence-electron chi connectivity index (χ2n) is 4.69. The summed E-state index contributed by atoms with van der Waals surface area (Å²) in [6, 6.07) is 5.19. The lowest BCUT2D eigenvalue weighted by Crippen LogP contribution is -2.38. The first kappa shape index (κ1) is 15.4. The van der Waals surface area contributed by atoms with Crippen LogP contribution in [-0.4, -0.2) is 38.5 Å². The van der Waals surface area contributed by atoms with Crippen LogP contribution < -0.4 is 20.1 Å². The van der Waals surface area contributed by atoms with Gasteiger partial charge in [0.25, 0.3) is 0 Å². The first-order valence-electron chi connectivity index (χ1n) is 7.27. The Bertz CT molecular complexity index is 473. The molecular weight excluding hydrogens is 272 g/mol. The third-order valence-electron chi connectivity index (χ3n) is 3.07. The fourth-order valence-electron chi connectivity index (χ4n) is 2.13. The maximum atomic E-state index is 11.9. The van der Waals surface area contributed by atoms with Gasteiger partial charge in [-0.25, -0.2) is 4.79 Å². The van der Waals surface area contributed by atoms with Gasteiger partial charge in [-0.15, -0.1) is 0 Å². The van der Waals surface area contributed by atoms with Crippen LogP contribution in [0.2, 0.25) is 0 Å². The molecule has 0 radical (unpaired) electrons. The maximum absolute atomic E-state index is 11.9. The lowest BCUT2D eigenvalue weighted by atomic mass is 10.2. The number of rotatable bonds is 6. The van der Waals surface area contributed by atoms with E-state index in [0.29, 0.717) is 43.6 Å². The molecule has 0 bridgehead atoms. The molecular formula is C15H22N2O4. The van der Waals surface area contributed by atoms with Crippen LogP contribution in [0.5, 0.6) is 11.5 Å². The number of urea groups is 1. The molecule has 0 aromatic heterocycles. The summed E-state index contributed by atoms with van der Waals surface area (Å²) in [5, 5.41) is 5.67. The lowest BCUT2D eigenvalue weighted by molar-refractivity contribution is 0.189. The largest absolute Gasteiger partial charge is 0.490 e. The van der Waals surface area contributed by atoms with Crippen LogP contribution in [0.3, 0.4) is 0 Å². The minimum Gasteiger partial charge on any atom is -0.490 e. The Morgan fingerprint density at radius 1 is 1.29 bits per heavy atom. The fraction of sp³-hybridized carbons (Fsp3) is 0.533. The summed E-state index contributed by atoms with van der Waals surface area (Å²) in [7, 11) is 0. The highest BCUT2D eigenvalue weighted by atomic mass is 16.5. The number of anilines is 1. The second kappa shape index (κ2) is 7.73. The predicted molar refractivity (Wildman–Crippen MR) is 80.2 cm³/mol. The van der Waals surface area contributed by atoms with Gasteiger partial charge in [0.2, 0.25) is 0 Å². The molecule has 0 spiro atoms. The van der Waals surface area contributed by atoms with E-state index < -0.39 is 0 Å². The van der Waals surface area contributed by atoms with E-state index in [1.807, 2.05) is 13.8 Å². The van der Waals surface area contributed by atoms with E-state index in [4.69, 9.17) is 14.2 Å². The van der Waals surface area contributed by atoms with Gasteiger partial charge in [-0.2, -0.15) is 0 Å². The summed E-state index contributed by atoms with van der Waals surface area (Å²) in [6.45, 7) is 6.19. The molecule has 1 unspecified atom stereocenters. The van der Waals surface area contributed by atoms with Crippen LogP contribution in [0.25, 0.3) is 0 Å². The second-order valence-corrected chi connectivity index (χ2v) is 4.69. The van der Waals surface area contributed by atoms with Crippen LogP contribution in [-0.2, 0) is 4.74 Å². The number of benzene rings is 1. The Hall–Kier alpha value is -1.95. The zero-order chi connectivity index (χ0) is 15.1. The van der Waals surface area contributed by atoms with Gasteiger partial charge in [-0.3, -0.25) is 0 Å². The van der Waals surface area contributed by atoms with Gasteiger partial charge in [-0.05, 0) is 32.4 Å². The summed E-state index contributed by atoms with van der Waals surface area (Å²) in [4.78, 5) is 11.9. The number of nitrogens with one attached hydrogen (secondary N) is 2. The number of ether oxygens (including phenoxy) is 3. The Labute approximate surface area is 124 Å². The zero-order valence-electron chi connectivity index (χ0n) is 12.5. The number of hydrogen-bond donors (Lipinski definition) is 2. The van der Waals surface area contributed by atoms with Gasteiger partial charge in [-0.1, -0.05) is 0 Å². The Morgan fingerprint density at radius 3 is 2.71 bits per heavy atom. The third kappa shape index (κ3) is 4.53. The molecule has 116 valence electrons. The molecule has 1 atom stereocenters. The Balaban J connectivity index is 1.98. The van der Waals surface area contributed by atoms with Crippen molar-refractivity contribution in [3.05, 3.63) is 18.2 Å². The summed E-state index contributed by atoms with van der Waals surface area (Å²) in [5.74, 6) is 1.30. The van der Waals surface area contributed by atoms with E-state index in [1.54, 1.807) is 18.2 Å². The van der Waals surface area contributed by atoms with E-state index in [-0.39, 0.29) is 12.1 Å². The quantitative estimate of drug-likeness (QED) is 0.845. The van der Waals surface area contributed by atoms with Crippen molar-refractivity contribution in [2.24, 2.45) is 0 Å². The van der Waals surface area contributed by atoms with Crippen LogP contribution in [0.15, 0.2) is 18.2 Å². The van der Waals surface area contributed by atoms with Crippen molar-refractivity contribution in [1.82, 2.24) is 5.32 Å². The highest BCUT2D eigenvalue weighted by molar-refractivity contribution is 5.89. The van der Waals surface area contributed by atoms with Crippen molar-refractivity contribution >= 4 is 11.7 Å². The molecule has 1 fully saturated rings. The van der Waals surface area contributed by atoms with Crippen LogP contribution in [0.1, 0.15) is 20.3 Å². The molecule has 21 heavy (non-hydrogen) atoms. The molecule has 2 rings (SSSR count). The monoisotopic (exact) mass is 294 g/mol. The van der Waals surface area contributed by atoms with Gasteiger partial charge < -0.3 is 24.8 Å². The van der Waals surface area contributed by atoms with E-state index in [2.05, 4.69) is 10.6 Å². The Morgan fingerprint density at radius 2 is 2.05 bits per heavy atom. The van der Waals surface area contributed by atoms with Crippen LogP contribution in [0.4, 0.5) is 10.5 Å². The lowest BCUT2D eigenvalue weighted by Gasteiger charge is -2.14. The van der Waals surface area contributed by atoms with Crippen molar-refractivity contribution in [1.29, 1.82) is 0 Å². The number of hydrogen-bond acceptors (Lipinski definition) is 4. The maximum Gasteiger partial charge on any atom is 0.319 e. The van der Waals surface area contributed by atoms with Crippen molar-refractivity contribution in [3.8, 4) is 11.5 Å². The molecule has 1 aliphatic rings. The van der Waals surface area contributed by atoms with Crippen molar-refractivity contribution in [2.45, 2.75) is 26.3 Å². The van der Waals surface area contributed by atoms with Gasteiger partial charge in [0.05, 0.1) is 25.9 Å². The number of amides is 2. The normalized spacial score (nSPS) is 17.3. The molecule has 2 N–H and O–H groups in total. The Kier molecular flexibility index (Phi) is 5.68. The minimum atomic E-state index is -0.239. The molecule has 2 amide bonds. The van der Waals surface area contributed by atoms with Crippen molar-refractivity contribution in [3.63, 3.8) is 0 Å². The molecule has 1 saturated heterocycles. The van der Waals surface area contributed by atoms with Gasteiger partial charge in [0.1, 0.15) is 0 Å². The van der Waals surface area contributed by atoms with E-state index in [1.165, 1.54) is 0 Å². The standard InChI is InChI=1S/C15H22N2O4/c1-3-20-13-6-5-11(9-14(13)21-4-2)16-15(18)17-12-7-8-19-10-12/h5-6,9,12H,3-4,7-8,10H2,1-2H3,(H2,16,17,18). The van der Waals surface area contributed by atoms with Crippen molar-refractivity contribution < 1.29 is 19.0 Å². The molecule has 6 nitrogen and oxygen atoms in total. The van der Waals surface area contributed by atoms with Gasteiger partial charge in [0.15, 0.2) is 11.5 Å². The highest BCUT2D eigenvalue weighted by Crippen LogP contribution is 2.30. The molecule has 6 heteroatoms. The fourth-order valence-corrected chi connectivity index (χ4v) is 2.13. The molecule has 1 aliphatic heterocycles. The number of carbonyl (C=O) groups excluding carboxylic acids is 1. The van der Waals surface area contributed by atoms with Crippen LogP contribution in [0, 0.1) is 0 Å². The third-order valence-corrected chi connectivity index (χ3v) is 3.07. The molecule has 1 aromatic carbocycles. The first-order valence-corrected chi connectivity index (χ1v) is 7.27. The van der Waals surface area contributed by atoms with E-state index in [9.17, 15) is 4.79 Å². The molecule has 0 saturated carbocycles. The average molecular weight is 294 g/mol. The van der Waals surface area contributed by atoms with Gasteiger partial charge >= 0.3 is 6.03 Å². The van der Waals surface area contributed by atoms with Crippen LogP contribution >= 0.6 is 0 Å². The molecule has 1 heterocycles. The average Bonchev–Trinajstić information content (AvgIpc) is 2.95. The summed E-state index contributed by atoms with van der Waals surface area (Å²) in [6.07, 6.45) is 0.848. The summed E-state index contributed by atoms with van der Waals surface area (Å²) in [5.41, 5.74) is 0.665. The predicted octanol–water partition coefficient (Wildman–Crippen LogP) is 2.39. The number of carbonyl (C=O) groups is 1. The topological polar surface area (TPSA) is 68.8 Å². The minimum absolute atomic E-state index is 0.0825. The summed E-state index contributed by atoms with van der Waals surface area (Å²) < 4.78 is 16.2. The summed E-state index contributed by atoms with van der Waals surface area (Å²) >= 11 is 0. The first-order chi connectivity index (χ1) is 10.2. The van der Waals surface area contributed by atoms with Gasteiger partial charge in [0, 0.05) is 18.4 Å². The molecule has 1 aromatic rings. The zero-order valence-corrected chi connectivity index (χ0v) is 12.5. The van der Waals surface area contributed by atoms with E-state index in [0.717, 1.165) is 6.42 Å².